The van der Waals surface area contributed by atoms with E-state index in [0.29, 0.717) is 22.2 Å². The highest BCUT2D eigenvalue weighted by atomic mass is 79.9. The second-order valence-electron chi connectivity index (χ2n) is 3.90. The average molecular weight is 296 g/mol. The third kappa shape index (κ3) is 2.46. The monoisotopic (exact) mass is 295 g/mol. The van der Waals surface area contributed by atoms with E-state index in [9.17, 15) is 0 Å². The molecule has 2 aromatic rings. The summed E-state index contributed by atoms with van der Waals surface area (Å²) in [5.41, 5.74) is 0. The van der Waals surface area contributed by atoms with E-state index < -0.39 is 0 Å². The highest BCUT2D eigenvalue weighted by molar-refractivity contribution is 9.10. The van der Waals surface area contributed by atoms with E-state index in [4.69, 9.17) is 9.26 Å². The summed E-state index contributed by atoms with van der Waals surface area (Å²) >= 11 is 3.31. The van der Waals surface area contributed by atoms with Crippen molar-refractivity contribution < 1.29 is 9.26 Å². The van der Waals surface area contributed by atoms with Crippen LogP contribution in [0.25, 0.3) is 0 Å². The molecule has 1 saturated carbocycles. The molecule has 1 aliphatic rings. The number of nitrogens with zero attached hydrogens (tertiary/aromatic N) is 3. The minimum absolute atomic E-state index is 0.268. The summed E-state index contributed by atoms with van der Waals surface area (Å²) in [6.07, 6.45) is 4.01. The van der Waals surface area contributed by atoms with Gasteiger partial charge >= 0.3 is 0 Å². The summed E-state index contributed by atoms with van der Waals surface area (Å²) in [7, 11) is 0. The van der Waals surface area contributed by atoms with Crippen LogP contribution in [0, 0.1) is 0 Å². The molecule has 3 rings (SSSR count). The van der Waals surface area contributed by atoms with Gasteiger partial charge in [0.1, 0.15) is 4.60 Å². The zero-order chi connectivity index (χ0) is 11.7. The van der Waals surface area contributed by atoms with Crippen molar-refractivity contribution in [2.24, 2.45) is 0 Å². The van der Waals surface area contributed by atoms with Gasteiger partial charge in [-0.1, -0.05) is 5.16 Å². The molecule has 2 heterocycles. The Bertz CT molecular complexity index is 525. The van der Waals surface area contributed by atoms with Crippen molar-refractivity contribution >= 4 is 15.9 Å². The normalized spacial score (nSPS) is 14.9. The van der Waals surface area contributed by atoms with Gasteiger partial charge in [0.25, 0.3) is 5.89 Å². The zero-order valence-corrected chi connectivity index (χ0v) is 10.6. The van der Waals surface area contributed by atoms with E-state index in [1.165, 1.54) is 0 Å². The van der Waals surface area contributed by atoms with E-state index in [1.54, 1.807) is 6.20 Å². The molecule has 0 atom stereocenters. The topological polar surface area (TPSA) is 61.0 Å². The van der Waals surface area contributed by atoms with Gasteiger partial charge in [0.05, 0.1) is 0 Å². The first-order chi connectivity index (χ1) is 8.33. The Balaban J connectivity index is 1.65. The summed E-state index contributed by atoms with van der Waals surface area (Å²) in [6.45, 7) is 0.268. The average Bonchev–Trinajstić information content (AvgIpc) is 3.08. The SMILES string of the molecule is Brc1ncccc1OCc1nc(C2CC2)no1. The number of ether oxygens (including phenoxy) is 1. The molecule has 1 fully saturated rings. The summed E-state index contributed by atoms with van der Waals surface area (Å²) < 4.78 is 11.3. The highest BCUT2D eigenvalue weighted by Crippen LogP contribution is 2.38. The number of halogens is 1. The molecular formula is C11H10BrN3O2. The lowest BCUT2D eigenvalue weighted by atomic mass is 10.4. The van der Waals surface area contributed by atoms with Crippen molar-refractivity contribution in [3.8, 4) is 5.75 Å². The highest BCUT2D eigenvalue weighted by Gasteiger charge is 2.28. The molecular weight excluding hydrogens is 286 g/mol. The Morgan fingerprint density at radius 2 is 2.35 bits per heavy atom. The molecule has 0 aromatic carbocycles. The molecule has 0 aliphatic heterocycles. The fourth-order valence-electron chi connectivity index (χ4n) is 1.45. The second-order valence-corrected chi connectivity index (χ2v) is 4.65. The third-order valence-corrected chi connectivity index (χ3v) is 3.10. The maximum atomic E-state index is 5.53. The molecule has 88 valence electrons. The van der Waals surface area contributed by atoms with Crippen molar-refractivity contribution in [3.63, 3.8) is 0 Å². The van der Waals surface area contributed by atoms with Gasteiger partial charge in [0, 0.05) is 12.1 Å². The second kappa shape index (κ2) is 4.44. The Morgan fingerprint density at radius 1 is 1.47 bits per heavy atom. The molecule has 0 bridgehead atoms. The molecule has 0 radical (unpaired) electrons. The standard InChI is InChI=1S/C11H10BrN3O2/c12-10-8(2-1-5-13-10)16-6-9-14-11(15-17-9)7-3-4-7/h1-2,5,7H,3-4,6H2. The van der Waals surface area contributed by atoms with Crippen molar-refractivity contribution in [2.45, 2.75) is 25.4 Å². The number of aromatic nitrogens is 3. The largest absolute Gasteiger partial charge is 0.481 e. The van der Waals surface area contributed by atoms with Crippen LogP contribution in [-0.4, -0.2) is 15.1 Å². The molecule has 2 aromatic heterocycles. The van der Waals surface area contributed by atoms with Crippen molar-refractivity contribution in [1.82, 2.24) is 15.1 Å². The van der Waals surface area contributed by atoms with Gasteiger partial charge in [-0.25, -0.2) is 4.98 Å². The minimum atomic E-state index is 0.268. The molecule has 0 saturated heterocycles. The van der Waals surface area contributed by atoms with Crippen LogP contribution in [0.15, 0.2) is 27.5 Å². The van der Waals surface area contributed by atoms with E-state index in [0.717, 1.165) is 18.7 Å². The predicted molar refractivity (Wildman–Crippen MR) is 62.5 cm³/mol. The first kappa shape index (κ1) is 10.7. The number of pyridine rings is 1. The molecule has 17 heavy (non-hydrogen) atoms. The van der Waals surface area contributed by atoms with Gasteiger partial charge in [0.2, 0.25) is 0 Å². The Kier molecular flexibility index (Phi) is 2.80. The number of rotatable bonds is 4. The Morgan fingerprint density at radius 3 is 3.12 bits per heavy atom. The minimum Gasteiger partial charge on any atom is -0.481 e. The quantitative estimate of drug-likeness (QED) is 0.812. The van der Waals surface area contributed by atoms with Gasteiger partial charge < -0.3 is 9.26 Å². The molecule has 0 unspecified atom stereocenters. The van der Waals surface area contributed by atoms with Crippen LogP contribution in [0.5, 0.6) is 5.75 Å². The maximum absolute atomic E-state index is 5.53. The van der Waals surface area contributed by atoms with Crippen molar-refractivity contribution in [3.05, 3.63) is 34.6 Å². The molecule has 0 spiro atoms. The van der Waals surface area contributed by atoms with Crippen molar-refractivity contribution in [2.75, 3.05) is 0 Å². The van der Waals surface area contributed by atoms with E-state index in [-0.39, 0.29) is 6.61 Å². The summed E-state index contributed by atoms with van der Waals surface area (Å²) in [4.78, 5) is 8.34. The van der Waals surface area contributed by atoms with Crippen LogP contribution >= 0.6 is 15.9 Å². The van der Waals surface area contributed by atoms with Gasteiger partial charge in [-0.15, -0.1) is 0 Å². The molecule has 0 amide bonds. The van der Waals surface area contributed by atoms with E-state index >= 15 is 0 Å². The van der Waals surface area contributed by atoms with E-state index in [2.05, 4.69) is 31.1 Å². The zero-order valence-electron chi connectivity index (χ0n) is 8.97. The lowest BCUT2D eigenvalue weighted by molar-refractivity contribution is 0.240. The van der Waals surface area contributed by atoms with Gasteiger partial charge in [-0.2, -0.15) is 4.98 Å². The molecule has 6 heteroatoms. The van der Waals surface area contributed by atoms with E-state index in [1.807, 2.05) is 12.1 Å². The fraction of sp³-hybridized carbons (Fsp3) is 0.364. The molecule has 1 aliphatic carbocycles. The van der Waals surface area contributed by atoms with Crippen molar-refractivity contribution in [1.29, 1.82) is 0 Å². The van der Waals surface area contributed by atoms with Gasteiger partial charge in [-0.05, 0) is 40.9 Å². The first-order valence-corrected chi connectivity index (χ1v) is 6.18. The predicted octanol–water partition coefficient (Wildman–Crippen LogP) is 2.68. The van der Waals surface area contributed by atoms with Crippen LogP contribution in [0.1, 0.15) is 30.5 Å². The van der Waals surface area contributed by atoms with Crippen LogP contribution in [0.4, 0.5) is 0 Å². The number of hydrogen-bond acceptors (Lipinski definition) is 5. The number of hydrogen-bond donors (Lipinski definition) is 0. The van der Waals surface area contributed by atoms with Crippen LogP contribution < -0.4 is 4.74 Å². The Hall–Kier alpha value is -1.43. The van der Waals surface area contributed by atoms with Crippen LogP contribution in [0.2, 0.25) is 0 Å². The first-order valence-electron chi connectivity index (χ1n) is 5.39. The van der Waals surface area contributed by atoms with Gasteiger partial charge in [-0.3, -0.25) is 0 Å². The molecule has 0 N–H and O–H groups in total. The Labute approximate surface area is 106 Å². The summed E-state index contributed by atoms with van der Waals surface area (Å²) in [5.74, 6) is 2.47. The van der Waals surface area contributed by atoms with Crippen LogP contribution in [0.3, 0.4) is 0 Å². The smallest absolute Gasteiger partial charge is 0.264 e. The third-order valence-electron chi connectivity index (χ3n) is 2.50. The fourth-order valence-corrected chi connectivity index (χ4v) is 1.82. The maximum Gasteiger partial charge on any atom is 0.264 e. The molecule has 5 nitrogen and oxygen atoms in total. The summed E-state index contributed by atoms with van der Waals surface area (Å²) in [6, 6.07) is 3.64. The summed E-state index contributed by atoms with van der Waals surface area (Å²) in [5, 5.41) is 3.92. The lowest BCUT2D eigenvalue weighted by Crippen LogP contribution is -1.97. The van der Waals surface area contributed by atoms with Gasteiger partial charge in [0.15, 0.2) is 18.2 Å². The van der Waals surface area contributed by atoms with Crippen LogP contribution in [-0.2, 0) is 6.61 Å². The lowest BCUT2D eigenvalue weighted by Gasteiger charge is -2.03.